The Morgan fingerprint density at radius 2 is 2.53 bits per heavy atom. The highest BCUT2D eigenvalue weighted by molar-refractivity contribution is 7.07. The maximum atomic E-state index is 11.6. The van der Waals surface area contributed by atoms with Crippen LogP contribution < -0.4 is 10.6 Å². The van der Waals surface area contributed by atoms with Crippen LogP contribution >= 0.6 is 11.3 Å². The van der Waals surface area contributed by atoms with Crippen molar-refractivity contribution in [3.63, 3.8) is 0 Å². The number of hydrogen-bond donors (Lipinski definition) is 2. The Kier molecular flexibility index (Phi) is 5.01. The summed E-state index contributed by atoms with van der Waals surface area (Å²) in [6, 6.07) is 2.09. The van der Waals surface area contributed by atoms with E-state index in [1.165, 1.54) is 12.0 Å². The number of aryl methyl sites for hydroxylation is 1. The second-order valence-corrected chi connectivity index (χ2v) is 5.41. The van der Waals surface area contributed by atoms with Gasteiger partial charge in [0, 0.05) is 13.0 Å². The lowest BCUT2D eigenvalue weighted by molar-refractivity contribution is -0.121. The quantitative estimate of drug-likeness (QED) is 0.810. The molecule has 0 unspecified atom stereocenters. The third kappa shape index (κ3) is 4.48. The molecule has 0 spiro atoms. The van der Waals surface area contributed by atoms with E-state index in [2.05, 4.69) is 27.5 Å². The van der Waals surface area contributed by atoms with Crippen molar-refractivity contribution in [2.24, 2.45) is 5.92 Å². The number of carbonyl (C=O) groups excluding carboxylic acids is 1. The van der Waals surface area contributed by atoms with E-state index in [4.69, 9.17) is 0 Å². The van der Waals surface area contributed by atoms with Gasteiger partial charge in [-0.25, -0.2) is 0 Å². The van der Waals surface area contributed by atoms with Gasteiger partial charge in [0.2, 0.25) is 5.91 Å². The average molecular weight is 252 g/mol. The monoisotopic (exact) mass is 252 g/mol. The first kappa shape index (κ1) is 12.6. The average Bonchev–Trinajstić information content (AvgIpc) is 2.99. The summed E-state index contributed by atoms with van der Waals surface area (Å²) in [6.07, 6.45) is 3.84. The summed E-state index contributed by atoms with van der Waals surface area (Å²) in [5.74, 6) is 0.939. The molecular formula is C13H20N2OS. The summed E-state index contributed by atoms with van der Waals surface area (Å²) < 4.78 is 0. The molecule has 1 atom stereocenters. The van der Waals surface area contributed by atoms with Crippen LogP contribution in [-0.4, -0.2) is 25.5 Å². The summed E-state index contributed by atoms with van der Waals surface area (Å²) in [6.45, 7) is 3.08. The van der Waals surface area contributed by atoms with Gasteiger partial charge in [0.15, 0.2) is 0 Å². The molecule has 94 valence electrons. The Morgan fingerprint density at radius 1 is 1.59 bits per heavy atom. The topological polar surface area (TPSA) is 41.1 Å². The molecule has 0 aliphatic carbocycles. The maximum Gasteiger partial charge on any atom is 0.220 e. The van der Waals surface area contributed by atoms with Crippen LogP contribution in [0.4, 0.5) is 0 Å². The zero-order chi connectivity index (χ0) is 11.9. The van der Waals surface area contributed by atoms with E-state index in [-0.39, 0.29) is 5.91 Å². The number of carbonyl (C=O) groups is 1. The molecule has 1 aromatic heterocycles. The lowest BCUT2D eigenvalue weighted by Crippen LogP contribution is -2.26. The molecule has 1 saturated heterocycles. The van der Waals surface area contributed by atoms with E-state index in [9.17, 15) is 4.79 Å². The zero-order valence-corrected chi connectivity index (χ0v) is 10.9. The lowest BCUT2D eigenvalue weighted by atomic mass is 10.1. The van der Waals surface area contributed by atoms with Crippen molar-refractivity contribution in [2.45, 2.75) is 25.7 Å². The lowest BCUT2D eigenvalue weighted by Gasteiger charge is -2.09. The molecule has 0 saturated carbocycles. The molecular weight excluding hydrogens is 232 g/mol. The first-order chi connectivity index (χ1) is 8.34. The highest BCUT2D eigenvalue weighted by Crippen LogP contribution is 2.11. The zero-order valence-electron chi connectivity index (χ0n) is 10.1. The molecule has 2 rings (SSSR count). The fraction of sp³-hybridized carbons (Fsp3) is 0.615. The van der Waals surface area contributed by atoms with Gasteiger partial charge in [-0.2, -0.15) is 11.3 Å². The smallest absolute Gasteiger partial charge is 0.220 e. The summed E-state index contributed by atoms with van der Waals surface area (Å²) in [5.41, 5.74) is 1.27. The van der Waals surface area contributed by atoms with Gasteiger partial charge in [0.05, 0.1) is 0 Å². The van der Waals surface area contributed by atoms with Crippen LogP contribution in [0.5, 0.6) is 0 Å². The van der Waals surface area contributed by atoms with Gasteiger partial charge in [-0.3, -0.25) is 4.79 Å². The SMILES string of the molecule is O=C(CCc1ccsc1)NCC[C@@H]1CCNC1. The van der Waals surface area contributed by atoms with Gasteiger partial charge < -0.3 is 10.6 Å². The summed E-state index contributed by atoms with van der Waals surface area (Å²) >= 11 is 1.69. The van der Waals surface area contributed by atoms with E-state index >= 15 is 0 Å². The normalized spacial score (nSPS) is 19.4. The standard InChI is InChI=1S/C13H20N2OS/c16-13(2-1-12-5-8-17-10-12)15-7-4-11-3-6-14-9-11/h5,8,10-11,14H,1-4,6-7,9H2,(H,15,16)/t11-/m0/s1. The van der Waals surface area contributed by atoms with Crippen molar-refractivity contribution in [3.05, 3.63) is 22.4 Å². The number of amides is 1. The molecule has 2 N–H and O–H groups in total. The minimum Gasteiger partial charge on any atom is -0.356 e. The molecule has 2 heterocycles. The van der Waals surface area contributed by atoms with Crippen LogP contribution in [0.1, 0.15) is 24.8 Å². The van der Waals surface area contributed by atoms with Gasteiger partial charge in [-0.1, -0.05) is 0 Å². The second kappa shape index (κ2) is 6.77. The first-order valence-corrected chi connectivity index (χ1v) is 7.27. The third-order valence-electron chi connectivity index (χ3n) is 3.26. The number of hydrogen-bond acceptors (Lipinski definition) is 3. The molecule has 1 amide bonds. The molecule has 17 heavy (non-hydrogen) atoms. The van der Waals surface area contributed by atoms with Gasteiger partial charge in [-0.05, 0) is 60.7 Å². The summed E-state index contributed by atoms with van der Waals surface area (Å²) in [4.78, 5) is 11.6. The van der Waals surface area contributed by atoms with Gasteiger partial charge >= 0.3 is 0 Å². The predicted molar refractivity (Wildman–Crippen MR) is 71.2 cm³/mol. The van der Waals surface area contributed by atoms with Crippen LogP contribution in [0.15, 0.2) is 16.8 Å². The van der Waals surface area contributed by atoms with E-state index < -0.39 is 0 Å². The third-order valence-corrected chi connectivity index (χ3v) is 3.99. The Labute approximate surface area is 107 Å². The molecule has 3 nitrogen and oxygen atoms in total. The fourth-order valence-electron chi connectivity index (χ4n) is 2.16. The van der Waals surface area contributed by atoms with E-state index in [0.717, 1.165) is 38.4 Å². The van der Waals surface area contributed by atoms with Crippen LogP contribution in [-0.2, 0) is 11.2 Å². The maximum absolute atomic E-state index is 11.6. The second-order valence-electron chi connectivity index (χ2n) is 4.63. The summed E-state index contributed by atoms with van der Waals surface area (Å²) in [5, 5.41) is 10.5. The van der Waals surface area contributed by atoms with Crippen molar-refractivity contribution in [1.82, 2.24) is 10.6 Å². The van der Waals surface area contributed by atoms with Crippen LogP contribution in [0.2, 0.25) is 0 Å². The van der Waals surface area contributed by atoms with Gasteiger partial charge in [-0.15, -0.1) is 0 Å². The fourth-order valence-corrected chi connectivity index (χ4v) is 2.86. The van der Waals surface area contributed by atoms with Crippen molar-refractivity contribution < 1.29 is 4.79 Å². The molecule has 0 radical (unpaired) electrons. The Hall–Kier alpha value is -0.870. The molecule has 1 fully saturated rings. The Bertz CT molecular complexity index is 331. The van der Waals surface area contributed by atoms with Crippen LogP contribution in [0.25, 0.3) is 0 Å². The van der Waals surface area contributed by atoms with Crippen molar-refractivity contribution in [1.29, 1.82) is 0 Å². The minimum absolute atomic E-state index is 0.183. The number of nitrogens with one attached hydrogen (secondary N) is 2. The molecule has 1 aliphatic rings. The van der Waals surface area contributed by atoms with E-state index in [0.29, 0.717) is 6.42 Å². The number of thiophene rings is 1. The van der Waals surface area contributed by atoms with Crippen molar-refractivity contribution in [3.8, 4) is 0 Å². The Morgan fingerprint density at radius 3 is 3.24 bits per heavy atom. The van der Waals surface area contributed by atoms with Crippen LogP contribution in [0.3, 0.4) is 0 Å². The summed E-state index contributed by atoms with van der Waals surface area (Å²) in [7, 11) is 0. The highest BCUT2D eigenvalue weighted by atomic mass is 32.1. The van der Waals surface area contributed by atoms with Gasteiger partial charge in [0.25, 0.3) is 0 Å². The first-order valence-electron chi connectivity index (χ1n) is 6.33. The van der Waals surface area contributed by atoms with Crippen molar-refractivity contribution >= 4 is 17.2 Å². The van der Waals surface area contributed by atoms with Gasteiger partial charge in [0.1, 0.15) is 0 Å². The molecule has 0 bridgehead atoms. The molecule has 1 aliphatic heterocycles. The molecule has 1 aromatic rings. The van der Waals surface area contributed by atoms with E-state index in [1.807, 2.05) is 0 Å². The number of rotatable bonds is 6. The highest BCUT2D eigenvalue weighted by Gasteiger charge is 2.13. The van der Waals surface area contributed by atoms with E-state index in [1.54, 1.807) is 11.3 Å². The largest absolute Gasteiger partial charge is 0.356 e. The Balaban J connectivity index is 1.54. The molecule has 4 heteroatoms. The predicted octanol–water partition coefficient (Wildman–Crippen LogP) is 1.80. The minimum atomic E-state index is 0.183. The molecule has 0 aromatic carbocycles. The van der Waals surface area contributed by atoms with Crippen molar-refractivity contribution in [2.75, 3.05) is 19.6 Å². The van der Waals surface area contributed by atoms with Crippen LogP contribution in [0, 0.1) is 5.92 Å².